The van der Waals surface area contributed by atoms with E-state index in [2.05, 4.69) is 41.7 Å². The van der Waals surface area contributed by atoms with Gasteiger partial charge in [-0.3, -0.25) is 4.57 Å². The number of imidazole rings is 1. The molecule has 0 radical (unpaired) electrons. The Kier molecular flexibility index (Phi) is 3.29. The van der Waals surface area contributed by atoms with E-state index in [0.717, 1.165) is 28.4 Å². The normalized spacial score (nSPS) is 13.0. The van der Waals surface area contributed by atoms with Crippen molar-refractivity contribution < 1.29 is 0 Å². The Hall–Kier alpha value is -1.81. The van der Waals surface area contributed by atoms with Crippen molar-refractivity contribution in [1.29, 1.82) is 0 Å². The maximum atomic E-state index is 6.35. The number of halogens is 1. The summed E-state index contributed by atoms with van der Waals surface area (Å²) in [7, 11) is 1.94. The number of alkyl halides is 1. The van der Waals surface area contributed by atoms with Crippen LogP contribution in [0.25, 0.3) is 16.9 Å². The van der Waals surface area contributed by atoms with Gasteiger partial charge in [-0.2, -0.15) is 5.10 Å². The summed E-state index contributed by atoms with van der Waals surface area (Å²) in [6.07, 6.45) is 0. The molecule has 0 saturated heterocycles. The summed E-state index contributed by atoms with van der Waals surface area (Å²) < 4.78 is 3.98. The second-order valence-electron chi connectivity index (χ2n) is 5.57. The first-order chi connectivity index (χ1) is 9.90. The lowest BCUT2D eigenvalue weighted by Gasteiger charge is -2.12. The second-order valence-corrected chi connectivity index (χ2v) is 6.23. The highest BCUT2D eigenvalue weighted by atomic mass is 35.5. The summed E-state index contributed by atoms with van der Waals surface area (Å²) in [4.78, 5) is 4.71. The third-order valence-corrected chi connectivity index (χ3v) is 4.13. The van der Waals surface area contributed by atoms with Crippen LogP contribution in [0, 0.1) is 20.8 Å². The third-order valence-electron chi connectivity index (χ3n) is 3.93. The quantitative estimate of drug-likeness (QED) is 0.671. The van der Waals surface area contributed by atoms with Crippen LogP contribution in [0.2, 0.25) is 0 Å². The monoisotopic (exact) mass is 302 g/mol. The van der Waals surface area contributed by atoms with Gasteiger partial charge in [-0.25, -0.2) is 9.67 Å². The SMILES string of the molecule is Cc1ccc(-n2c(C(C)Cl)nc3c(C)nn(C)c32)cc1C. The molecule has 1 unspecified atom stereocenters. The van der Waals surface area contributed by atoms with Gasteiger partial charge in [-0.15, -0.1) is 11.6 Å². The van der Waals surface area contributed by atoms with Crippen molar-refractivity contribution >= 4 is 22.8 Å². The average Bonchev–Trinajstić information content (AvgIpc) is 2.93. The first-order valence-electron chi connectivity index (χ1n) is 7.03. The number of benzene rings is 1. The molecular formula is C16H19ClN4. The van der Waals surface area contributed by atoms with Crippen molar-refractivity contribution in [2.45, 2.75) is 33.1 Å². The first kappa shape index (κ1) is 14.1. The average molecular weight is 303 g/mol. The molecule has 0 fully saturated rings. The van der Waals surface area contributed by atoms with Crippen LogP contribution in [-0.4, -0.2) is 19.3 Å². The Morgan fingerprint density at radius 2 is 1.86 bits per heavy atom. The molecule has 0 aliphatic heterocycles. The van der Waals surface area contributed by atoms with Gasteiger partial charge in [0.2, 0.25) is 0 Å². The van der Waals surface area contributed by atoms with Gasteiger partial charge in [0, 0.05) is 12.7 Å². The van der Waals surface area contributed by atoms with E-state index in [1.54, 1.807) is 0 Å². The maximum absolute atomic E-state index is 6.35. The highest BCUT2D eigenvalue weighted by Gasteiger charge is 2.21. The van der Waals surface area contributed by atoms with Gasteiger partial charge in [-0.05, 0) is 51.0 Å². The molecule has 0 N–H and O–H groups in total. The highest BCUT2D eigenvalue weighted by Crippen LogP contribution is 2.29. The van der Waals surface area contributed by atoms with Gasteiger partial charge < -0.3 is 0 Å². The molecule has 0 amide bonds. The standard InChI is InChI=1S/C16H19ClN4/c1-9-6-7-13(8-10(9)2)21-15(11(3)17)18-14-12(4)19-20(5)16(14)21/h6-8,11H,1-5H3. The van der Waals surface area contributed by atoms with E-state index < -0.39 is 0 Å². The minimum absolute atomic E-state index is 0.168. The van der Waals surface area contributed by atoms with Crippen molar-refractivity contribution in [3.63, 3.8) is 0 Å². The molecule has 2 heterocycles. The van der Waals surface area contributed by atoms with Gasteiger partial charge >= 0.3 is 0 Å². The molecule has 1 atom stereocenters. The Balaban J connectivity index is 2.38. The highest BCUT2D eigenvalue weighted by molar-refractivity contribution is 6.20. The summed E-state index contributed by atoms with van der Waals surface area (Å²) in [5, 5.41) is 4.30. The van der Waals surface area contributed by atoms with E-state index in [1.807, 2.05) is 25.6 Å². The maximum Gasteiger partial charge on any atom is 0.163 e. The smallest absolute Gasteiger partial charge is 0.163 e. The van der Waals surface area contributed by atoms with Gasteiger partial charge in [0.05, 0.1) is 11.1 Å². The first-order valence-corrected chi connectivity index (χ1v) is 7.47. The van der Waals surface area contributed by atoms with Crippen molar-refractivity contribution in [1.82, 2.24) is 19.3 Å². The molecule has 0 bridgehead atoms. The summed E-state index contributed by atoms with van der Waals surface area (Å²) in [5.41, 5.74) is 6.43. The lowest BCUT2D eigenvalue weighted by atomic mass is 10.1. The molecule has 0 spiro atoms. The Morgan fingerprint density at radius 1 is 1.14 bits per heavy atom. The Morgan fingerprint density at radius 3 is 2.48 bits per heavy atom. The number of hydrogen-bond donors (Lipinski definition) is 0. The number of hydrogen-bond acceptors (Lipinski definition) is 2. The molecule has 3 rings (SSSR count). The molecule has 0 aliphatic carbocycles. The molecule has 2 aromatic heterocycles. The molecule has 5 heteroatoms. The number of aryl methyl sites for hydroxylation is 4. The molecule has 110 valence electrons. The van der Waals surface area contributed by atoms with E-state index in [0.29, 0.717) is 0 Å². The van der Waals surface area contributed by atoms with Crippen molar-refractivity contribution in [3.8, 4) is 5.69 Å². The van der Waals surface area contributed by atoms with Crippen LogP contribution in [0.1, 0.15) is 34.9 Å². The van der Waals surface area contributed by atoms with Crippen LogP contribution in [0.4, 0.5) is 0 Å². The fraction of sp³-hybridized carbons (Fsp3) is 0.375. The minimum Gasteiger partial charge on any atom is -0.280 e. The number of aromatic nitrogens is 4. The zero-order valence-corrected chi connectivity index (χ0v) is 13.7. The van der Waals surface area contributed by atoms with E-state index in [-0.39, 0.29) is 5.38 Å². The van der Waals surface area contributed by atoms with Gasteiger partial charge in [0.1, 0.15) is 11.3 Å². The molecule has 0 saturated carbocycles. The molecule has 3 aromatic rings. The van der Waals surface area contributed by atoms with Gasteiger partial charge in [0.25, 0.3) is 0 Å². The van der Waals surface area contributed by atoms with E-state index in [9.17, 15) is 0 Å². The van der Waals surface area contributed by atoms with Crippen molar-refractivity contribution in [2.24, 2.45) is 7.05 Å². The van der Waals surface area contributed by atoms with Crippen LogP contribution in [0.5, 0.6) is 0 Å². The zero-order valence-electron chi connectivity index (χ0n) is 13.0. The second kappa shape index (κ2) is 4.88. The molecule has 21 heavy (non-hydrogen) atoms. The summed E-state index contributed by atoms with van der Waals surface area (Å²) >= 11 is 6.35. The van der Waals surface area contributed by atoms with Crippen molar-refractivity contribution in [3.05, 3.63) is 40.8 Å². The fourth-order valence-corrected chi connectivity index (χ4v) is 2.82. The molecule has 4 nitrogen and oxygen atoms in total. The van der Waals surface area contributed by atoms with E-state index in [4.69, 9.17) is 16.6 Å². The van der Waals surface area contributed by atoms with E-state index in [1.165, 1.54) is 11.1 Å². The minimum atomic E-state index is -0.168. The van der Waals surface area contributed by atoms with Crippen molar-refractivity contribution in [2.75, 3.05) is 0 Å². The summed E-state index contributed by atoms with van der Waals surface area (Å²) in [6, 6.07) is 6.40. The lowest BCUT2D eigenvalue weighted by Crippen LogP contribution is -2.06. The van der Waals surface area contributed by atoms with E-state index >= 15 is 0 Å². The summed E-state index contributed by atoms with van der Waals surface area (Å²) in [5.74, 6) is 0.853. The van der Waals surface area contributed by atoms with Crippen LogP contribution in [-0.2, 0) is 7.05 Å². The van der Waals surface area contributed by atoms with Gasteiger partial charge in [0.15, 0.2) is 5.65 Å². The number of fused-ring (bicyclic) bond motifs is 1. The largest absolute Gasteiger partial charge is 0.280 e. The van der Waals surface area contributed by atoms with Crippen LogP contribution >= 0.6 is 11.6 Å². The molecule has 0 aliphatic rings. The lowest BCUT2D eigenvalue weighted by molar-refractivity contribution is 0.748. The van der Waals surface area contributed by atoms with Crippen LogP contribution in [0.3, 0.4) is 0 Å². The predicted octanol–water partition coefficient (Wildman–Crippen LogP) is 3.98. The predicted molar refractivity (Wildman–Crippen MR) is 86.3 cm³/mol. The topological polar surface area (TPSA) is 35.6 Å². The van der Waals surface area contributed by atoms with Gasteiger partial charge in [-0.1, -0.05) is 6.07 Å². The fourth-order valence-electron chi connectivity index (χ4n) is 2.68. The number of nitrogens with zero attached hydrogens (tertiary/aromatic N) is 4. The Bertz CT molecular complexity index is 827. The van der Waals surface area contributed by atoms with Crippen LogP contribution < -0.4 is 0 Å². The Labute approximate surface area is 129 Å². The third kappa shape index (κ3) is 2.14. The molecule has 1 aromatic carbocycles. The summed E-state index contributed by atoms with van der Waals surface area (Å²) in [6.45, 7) is 8.15. The zero-order chi connectivity index (χ0) is 15.3. The number of rotatable bonds is 2. The van der Waals surface area contributed by atoms with Crippen LogP contribution in [0.15, 0.2) is 18.2 Å². The molecular weight excluding hydrogens is 284 g/mol.